The van der Waals surface area contributed by atoms with Crippen molar-refractivity contribution in [1.82, 2.24) is 5.32 Å². The summed E-state index contributed by atoms with van der Waals surface area (Å²) in [6.45, 7) is 0.631. The summed E-state index contributed by atoms with van der Waals surface area (Å²) in [6, 6.07) is 5.14. The molecule has 0 bridgehead atoms. The predicted octanol–water partition coefficient (Wildman–Crippen LogP) is 1.25. The summed E-state index contributed by atoms with van der Waals surface area (Å²) in [5.41, 5.74) is 0.722. The summed E-state index contributed by atoms with van der Waals surface area (Å²) in [6.07, 6.45) is 0.586. The number of rotatable bonds is 8. The van der Waals surface area contributed by atoms with E-state index in [9.17, 15) is 5.26 Å². The van der Waals surface area contributed by atoms with Crippen molar-refractivity contribution >= 4 is 0 Å². The van der Waals surface area contributed by atoms with Gasteiger partial charge >= 0.3 is 0 Å². The van der Waals surface area contributed by atoms with E-state index in [-0.39, 0.29) is 6.61 Å². The van der Waals surface area contributed by atoms with E-state index >= 15 is 0 Å². The van der Waals surface area contributed by atoms with E-state index in [4.69, 9.17) is 19.3 Å². The Kier molecular flexibility index (Phi) is 6.64. The SMILES string of the molecule is COc1cc(C(C#N)NCCCO)cc(OC)c1OC. The molecule has 1 atom stereocenters. The molecule has 0 aliphatic rings. The van der Waals surface area contributed by atoms with Gasteiger partial charge in [0.25, 0.3) is 0 Å². The number of hydrogen-bond acceptors (Lipinski definition) is 6. The Morgan fingerprint density at radius 3 is 2.20 bits per heavy atom. The standard InChI is InChI=1S/C14H20N2O4/c1-18-12-7-10(8-13(19-2)14(12)20-3)11(9-15)16-5-4-6-17/h7-8,11,16-17H,4-6H2,1-3H3. The van der Waals surface area contributed by atoms with Crippen LogP contribution in [0, 0.1) is 11.3 Å². The van der Waals surface area contributed by atoms with Crippen LogP contribution < -0.4 is 19.5 Å². The molecule has 0 radical (unpaired) electrons. The first-order chi connectivity index (χ1) is 9.71. The highest BCUT2D eigenvalue weighted by Gasteiger charge is 2.18. The molecule has 110 valence electrons. The third-order valence-corrected chi connectivity index (χ3v) is 2.83. The van der Waals surface area contributed by atoms with Crippen LogP contribution in [0.4, 0.5) is 0 Å². The van der Waals surface area contributed by atoms with Crippen LogP contribution in [-0.2, 0) is 0 Å². The first kappa shape index (κ1) is 16.1. The van der Waals surface area contributed by atoms with E-state index in [1.165, 1.54) is 21.3 Å². The Hall–Kier alpha value is -1.97. The molecule has 0 saturated carbocycles. The maximum atomic E-state index is 9.24. The van der Waals surface area contributed by atoms with Gasteiger partial charge in [0.15, 0.2) is 11.5 Å². The average molecular weight is 280 g/mol. The summed E-state index contributed by atoms with van der Waals surface area (Å²) in [5, 5.41) is 21.1. The van der Waals surface area contributed by atoms with Crippen molar-refractivity contribution in [2.45, 2.75) is 12.5 Å². The summed E-state index contributed by atoms with van der Waals surface area (Å²) < 4.78 is 15.8. The van der Waals surface area contributed by atoms with Gasteiger partial charge in [-0.3, -0.25) is 5.32 Å². The zero-order valence-electron chi connectivity index (χ0n) is 12.0. The Balaban J connectivity index is 3.07. The van der Waals surface area contributed by atoms with Crippen molar-refractivity contribution in [2.24, 2.45) is 0 Å². The molecule has 0 aromatic heterocycles. The molecule has 0 saturated heterocycles. The number of methoxy groups -OCH3 is 3. The van der Waals surface area contributed by atoms with Crippen molar-refractivity contribution in [3.05, 3.63) is 17.7 Å². The molecule has 0 spiro atoms. The van der Waals surface area contributed by atoms with Gasteiger partial charge < -0.3 is 19.3 Å². The highest BCUT2D eigenvalue weighted by atomic mass is 16.5. The number of benzene rings is 1. The Morgan fingerprint density at radius 2 is 1.80 bits per heavy atom. The van der Waals surface area contributed by atoms with E-state index in [1.54, 1.807) is 12.1 Å². The highest BCUT2D eigenvalue weighted by molar-refractivity contribution is 5.55. The highest BCUT2D eigenvalue weighted by Crippen LogP contribution is 2.39. The third-order valence-electron chi connectivity index (χ3n) is 2.83. The fraction of sp³-hybridized carbons (Fsp3) is 0.500. The maximum absolute atomic E-state index is 9.24. The number of nitrogens with one attached hydrogen (secondary N) is 1. The first-order valence-corrected chi connectivity index (χ1v) is 6.25. The van der Waals surface area contributed by atoms with Gasteiger partial charge in [-0.05, 0) is 30.7 Å². The number of nitrogens with zero attached hydrogens (tertiary/aromatic N) is 1. The minimum atomic E-state index is -0.504. The fourth-order valence-electron chi connectivity index (χ4n) is 1.83. The van der Waals surface area contributed by atoms with Crippen LogP contribution in [0.3, 0.4) is 0 Å². The quantitative estimate of drug-likeness (QED) is 0.697. The Bertz CT molecular complexity index is 446. The molecule has 1 aromatic rings. The molecule has 20 heavy (non-hydrogen) atoms. The molecule has 2 N–H and O–H groups in total. The fourth-order valence-corrected chi connectivity index (χ4v) is 1.83. The van der Waals surface area contributed by atoms with Gasteiger partial charge in [-0.15, -0.1) is 0 Å². The zero-order valence-corrected chi connectivity index (χ0v) is 12.0. The van der Waals surface area contributed by atoms with Crippen molar-refractivity contribution < 1.29 is 19.3 Å². The third kappa shape index (κ3) is 3.76. The molecular formula is C14H20N2O4. The van der Waals surface area contributed by atoms with E-state index in [2.05, 4.69) is 11.4 Å². The molecule has 0 heterocycles. The number of nitriles is 1. The molecule has 0 aliphatic heterocycles. The second-order valence-electron chi connectivity index (χ2n) is 4.05. The Morgan fingerprint density at radius 1 is 1.20 bits per heavy atom. The van der Waals surface area contributed by atoms with Gasteiger partial charge in [0, 0.05) is 6.61 Å². The molecule has 1 unspecified atom stereocenters. The number of aliphatic hydroxyl groups excluding tert-OH is 1. The summed E-state index contributed by atoms with van der Waals surface area (Å²) in [4.78, 5) is 0. The van der Waals surface area contributed by atoms with Gasteiger partial charge in [0.2, 0.25) is 5.75 Å². The summed E-state index contributed by atoms with van der Waals surface area (Å²) >= 11 is 0. The van der Waals surface area contributed by atoms with Gasteiger partial charge in [-0.25, -0.2) is 0 Å². The predicted molar refractivity (Wildman–Crippen MR) is 74.2 cm³/mol. The molecule has 1 aromatic carbocycles. The molecule has 0 fully saturated rings. The Labute approximate surface area is 118 Å². The minimum absolute atomic E-state index is 0.0837. The van der Waals surface area contributed by atoms with E-state index in [0.717, 1.165) is 5.56 Å². The van der Waals surface area contributed by atoms with Crippen LogP contribution in [0.15, 0.2) is 12.1 Å². The van der Waals surface area contributed by atoms with E-state index < -0.39 is 6.04 Å². The lowest BCUT2D eigenvalue weighted by molar-refractivity contribution is 0.285. The van der Waals surface area contributed by atoms with Gasteiger partial charge in [0.05, 0.1) is 27.4 Å². The topological polar surface area (TPSA) is 83.7 Å². The van der Waals surface area contributed by atoms with Crippen LogP contribution >= 0.6 is 0 Å². The van der Waals surface area contributed by atoms with Crippen molar-refractivity contribution in [1.29, 1.82) is 5.26 Å². The van der Waals surface area contributed by atoms with E-state index in [1.807, 2.05) is 0 Å². The number of hydrogen-bond donors (Lipinski definition) is 2. The largest absolute Gasteiger partial charge is 0.493 e. The van der Waals surface area contributed by atoms with Crippen molar-refractivity contribution in [3.63, 3.8) is 0 Å². The first-order valence-electron chi connectivity index (χ1n) is 6.25. The normalized spacial score (nSPS) is 11.6. The zero-order chi connectivity index (χ0) is 15.0. The van der Waals surface area contributed by atoms with E-state index in [0.29, 0.717) is 30.2 Å². The second kappa shape index (κ2) is 8.25. The average Bonchev–Trinajstić information content (AvgIpc) is 2.50. The minimum Gasteiger partial charge on any atom is -0.493 e. The maximum Gasteiger partial charge on any atom is 0.203 e. The number of aliphatic hydroxyl groups is 1. The van der Waals surface area contributed by atoms with Gasteiger partial charge in [-0.2, -0.15) is 5.26 Å². The smallest absolute Gasteiger partial charge is 0.203 e. The van der Waals surface area contributed by atoms with Crippen LogP contribution in [0.25, 0.3) is 0 Å². The van der Waals surface area contributed by atoms with Crippen LogP contribution in [-0.4, -0.2) is 39.6 Å². The molecule has 6 nitrogen and oxygen atoms in total. The molecule has 6 heteroatoms. The lowest BCUT2D eigenvalue weighted by Crippen LogP contribution is -2.22. The summed E-state index contributed by atoms with van der Waals surface area (Å²) in [7, 11) is 4.59. The van der Waals surface area contributed by atoms with Gasteiger partial charge in [-0.1, -0.05) is 0 Å². The van der Waals surface area contributed by atoms with Crippen LogP contribution in [0.5, 0.6) is 17.2 Å². The second-order valence-corrected chi connectivity index (χ2v) is 4.05. The van der Waals surface area contributed by atoms with Crippen LogP contribution in [0.2, 0.25) is 0 Å². The molecular weight excluding hydrogens is 260 g/mol. The lowest BCUT2D eigenvalue weighted by Gasteiger charge is -2.17. The summed E-state index contributed by atoms with van der Waals surface area (Å²) in [5.74, 6) is 1.50. The van der Waals surface area contributed by atoms with Crippen molar-refractivity contribution in [3.8, 4) is 23.3 Å². The van der Waals surface area contributed by atoms with Crippen LogP contribution in [0.1, 0.15) is 18.0 Å². The monoisotopic (exact) mass is 280 g/mol. The van der Waals surface area contributed by atoms with Crippen molar-refractivity contribution in [2.75, 3.05) is 34.5 Å². The molecule has 0 amide bonds. The molecule has 1 rings (SSSR count). The van der Waals surface area contributed by atoms with Gasteiger partial charge in [0.1, 0.15) is 6.04 Å². The number of ether oxygens (including phenoxy) is 3. The molecule has 0 aliphatic carbocycles. The lowest BCUT2D eigenvalue weighted by atomic mass is 10.1.